The van der Waals surface area contributed by atoms with Gasteiger partial charge in [0.25, 0.3) is 0 Å². The molecule has 0 aromatic heterocycles. The van der Waals surface area contributed by atoms with Crippen LogP contribution in [0.2, 0.25) is 6.32 Å². The van der Waals surface area contributed by atoms with Gasteiger partial charge in [-0.2, -0.15) is 0 Å². The first kappa shape index (κ1) is 19.9. The van der Waals surface area contributed by atoms with Gasteiger partial charge in [-0.25, -0.2) is 0 Å². The maximum atomic E-state index is 13.4. The van der Waals surface area contributed by atoms with Crippen molar-refractivity contribution in [3.8, 4) is 0 Å². The first-order chi connectivity index (χ1) is 11.9. The van der Waals surface area contributed by atoms with Crippen LogP contribution in [0.4, 0.5) is 5.69 Å². The smallest absolute Gasteiger partial charge is 0.403 e. The summed E-state index contributed by atoms with van der Waals surface area (Å²) in [4.78, 5) is 15.1. The monoisotopic (exact) mass is 423 g/mol. The molecule has 7 heteroatoms. The van der Waals surface area contributed by atoms with Crippen LogP contribution in [-0.4, -0.2) is 38.1 Å². The summed E-state index contributed by atoms with van der Waals surface area (Å²) in [6.07, 6.45) is 0.460. The highest BCUT2D eigenvalue weighted by molar-refractivity contribution is 9.10. The Hall–Kier alpha value is -0.885. The molecule has 26 heavy (non-hydrogen) atoms. The van der Waals surface area contributed by atoms with Crippen LogP contribution in [0, 0.1) is 6.92 Å². The van der Waals surface area contributed by atoms with E-state index in [9.17, 15) is 4.79 Å². The first-order valence-corrected chi connectivity index (χ1v) is 9.69. The second-order valence-corrected chi connectivity index (χ2v) is 9.41. The quantitative estimate of drug-likeness (QED) is 0.685. The Balaban J connectivity index is 2.01. The predicted molar refractivity (Wildman–Crippen MR) is 106 cm³/mol. The summed E-state index contributed by atoms with van der Waals surface area (Å²) < 4.78 is 18.6. The summed E-state index contributed by atoms with van der Waals surface area (Å²) in [6.45, 7) is 12.3. The van der Waals surface area contributed by atoms with Crippen molar-refractivity contribution in [2.24, 2.45) is 0 Å². The van der Waals surface area contributed by atoms with Crippen molar-refractivity contribution in [2.75, 3.05) is 18.7 Å². The number of anilines is 1. The van der Waals surface area contributed by atoms with Gasteiger partial charge in [0.2, 0.25) is 5.91 Å². The number of rotatable bonds is 4. The maximum absolute atomic E-state index is 13.4. The van der Waals surface area contributed by atoms with Crippen LogP contribution in [0.5, 0.6) is 0 Å². The van der Waals surface area contributed by atoms with Gasteiger partial charge in [-0.3, -0.25) is 9.69 Å². The van der Waals surface area contributed by atoms with Crippen molar-refractivity contribution >= 4 is 34.6 Å². The van der Waals surface area contributed by atoms with E-state index in [0.29, 0.717) is 6.32 Å². The third-order valence-corrected chi connectivity index (χ3v) is 6.44. The molecule has 0 unspecified atom stereocenters. The molecule has 1 saturated heterocycles. The zero-order valence-electron chi connectivity index (χ0n) is 16.6. The van der Waals surface area contributed by atoms with Crippen molar-refractivity contribution in [1.82, 2.24) is 0 Å². The molecule has 0 spiro atoms. The number of carbonyl (C=O) groups excluding carboxylic acids is 1. The molecular weight excluding hydrogens is 397 g/mol. The maximum Gasteiger partial charge on any atom is 0.459 e. The second-order valence-electron chi connectivity index (χ2n) is 8.49. The lowest BCUT2D eigenvalue weighted by Crippen LogP contribution is -2.42. The number of hydrogen-bond acceptors (Lipinski definition) is 4. The SMILES string of the molecule is COCN1C(=O)[C@](C)(CB2OC(C)(C)C(C)(C)O2)c2cc(Br)cc(C)c21. The zero-order chi connectivity index (χ0) is 19.5. The van der Waals surface area contributed by atoms with E-state index >= 15 is 0 Å². The van der Waals surface area contributed by atoms with Gasteiger partial charge in [-0.1, -0.05) is 15.9 Å². The highest BCUT2D eigenvalue weighted by Gasteiger charge is 2.57. The molecule has 0 aliphatic carbocycles. The molecule has 1 fully saturated rings. The highest BCUT2D eigenvalue weighted by Crippen LogP contribution is 2.49. The van der Waals surface area contributed by atoms with Gasteiger partial charge < -0.3 is 14.0 Å². The van der Waals surface area contributed by atoms with Crippen molar-refractivity contribution < 1.29 is 18.8 Å². The Kier molecular flexibility index (Phi) is 4.84. The first-order valence-electron chi connectivity index (χ1n) is 8.90. The number of methoxy groups -OCH3 is 1. The van der Waals surface area contributed by atoms with Crippen LogP contribution in [0.25, 0.3) is 0 Å². The van der Waals surface area contributed by atoms with E-state index < -0.39 is 23.7 Å². The minimum Gasteiger partial charge on any atom is -0.403 e. The van der Waals surface area contributed by atoms with Crippen LogP contribution in [0.1, 0.15) is 45.7 Å². The minimum atomic E-state index is -0.733. The standard InChI is InChI=1S/C19H27BBrNO4/c1-12-8-13(21)9-14-15(12)22(11-24-7)16(23)19(14,6)10-20-25-17(2,3)18(4,5)26-20/h8-9H,10-11H2,1-7H3/t19-/m1/s1. The zero-order valence-corrected chi connectivity index (χ0v) is 18.2. The average molecular weight is 424 g/mol. The molecule has 2 aliphatic rings. The summed E-state index contributed by atoms with van der Waals surface area (Å²) in [5.74, 6) is 0.0188. The molecule has 0 bridgehead atoms. The van der Waals surface area contributed by atoms with Crippen LogP contribution >= 0.6 is 15.9 Å². The third-order valence-electron chi connectivity index (χ3n) is 5.98. The molecule has 0 radical (unpaired) electrons. The number of aryl methyl sites for hydroxylation is 1. The summed E-state index contributed by atoms with van der Waals surface area (Å²) in [6, 6.07) is 4.05. The van der Waals surface area contributed by atoms with Gasteiger partial charge in [0.15, 0.2) is 0 Å². The molecule has 0 saturated carbocycles. The Morgan fingerprint density at radius 3 is 2.27 bits per heavy atom. The number of amides is 1. The van der Waals surface area contributed by atoms with E-state index in [4.69, 9.17) is 14.0 Å². The van der Waals surface area contributed by atoms with Gasteiger partial charge >= 0.3 is 7.12 Å². The van der Waals surface area contributed by atoms with Gasteiger partial charge in [0, 0.05) is 17.9 Å². The van der Waals surface area contributed by atoms with Gasteiger partial charge in [-0.05, 0) is 64.8 Å². The lowest BCUT2D eigenvalue weighted by atomic mass is 9.66. The number of halogens is 1. The molecule has 1 aromatic carbocycles. The van der Waals surface area contributed by atoms with E-state index in [0.717, 1.165) is 21.3 Å². The Labute approximate surface area is 164 Å². The lowest BCUT2D eigenvalue weighted by Gasteiger charge is -2.32. The fraction of sp³-hybridized carbons (Fsp3) is 0.632. The van der Waals surface area contributed by atoms with Gasteiger partial charge in [-0.15, -0.1) is 0 Å². The number of benzene rings is 1. The molecule has 1 amide bonds. The Morgan fingerprint density at radius 1 is 1.15 bits per heavy atom. The molecule has 1 aromatic rings. The second kappa shape index (κ2) is 6.33. The molecule has 0 N–H and O–H groups in total. The predicted octanol–water partition coefficient (Wildman–Crippen LogP) is 4.06. The van der Waals surface area contributed by atoms with E-state index in [2.05, 4.69) is 15.9 Å². The number of fused-ring (bicyclic) bond motifs is 1. The fourth-order valence-electron chi connectivity index (χ4n) is 3.86. The van der Waals surface area contributed by atoms with Crippen molar-refractivity contribution in [1.29, 1.82) is 0 Å². The van der Waals surface area contributed by atoms with E-state index in [1.54, 1.807) is 12.0 Å². The summed E-state index contributed by atoms with van der Waals surface area (Å²) >= 11 is 3.57. The van der Waals surface area contributed by atoms with Crippen molar-refractivity contribution in [3.63, 3.8) is 0 Å². The average Bonchev–Trinajstić information content (AvgIpc) is 2.81. The molecule has 2 heterocycles. The van der Waals surface area contributed by atoms with E-state index in [1.807, 2.05) is 53.7 Å². The van der Waals surface area contributed by atoms with E-state index in [1.165, 1.54) is 0 Å². The number of ether oxygens (including phenoxy) is 1. The number of hydrogen-bond donors (Lipinski definition) is 0. The van der Waals surface area contributed by atoms with E-state index in [-0.39, 0.29) is 12.6 Å². The molecule has 2 aliphatic heterocycles. The molecule has 1 atom stereocenters. The third kappa shape index (κ3) is 2.93. The molecular formula is C19H27BBrNO4. The summed E-state index contributed by atoms with van der Waals surface area (Å²) in [5, 5.41) is 0. The number of nitrogens with zero attached hydrogens (tertiary/aromatic N) is 1. The van der Waals surface area contributed by atoms with Crippen LogP contribution in [-0.2, 0) is 24.3 Å². The molecule has 142 valence electrons. The summed E-state index contributed by atoms with van der Waals surface area (Å²) in [5.41, 5.74) is 1.39. The fourth-order valence-corrected chi connectivity index (χ4v) is 4.43. The van der Waals surface area contributed by atoms with Crippen molar-refractivity contribution in [2.45, 2.75) is 64.5 Å². The Morgan fingerprint density at radius 2 is 1.73 bits per heavy atom. The van der Waals surface area contributed by atoms with Crippen molar-refractivity contribution in [3.05, 3.63) is 27.7 Å². The van der Waals surface area contributed by atoms with Gasteiger partial charge in [0.1, 0.15) is 6.73 Å². The summed E-state index contributed by atoms with van der Waals surface area (Å²) in [7, 11) is 1.16. The van der Waals surface area contributed by atoms with Crippen LogP contribution in [0.3, 0.4) is 0 Å². The topological polar surface area (TPSA) is 48.0 Å². The minimum absolute atomic E-state index is 0.0188. The normalized spacial score (nSPS) is 26.5. The number of carbonyl (C=O) groups is 1. The highest BCUT2D eigenvalue weighted by atomic mass is 79.9. The lowest BCUT2D eigenvalue weighted by molar-refractivity contribution is -0.123. The Bertz CT molecular complexity index is 735. The molecule has 3 rings (SSSR count). The van der Waals surface area contributed by atoms with Crippen LogP contribution in [0.15, 0.2) is 16.6 Å². The molecule has 5 nitrogen and oxygen atoms in total. The van der Waals surface area contributed by atoms with Gasteiger partial charge in [0.05, 0.1) is 22.3 Å². The largest absolute Gasteiger partial charge is 0.459 e. The van der Waals surface area contributed by atoms with Crippen LogP contribution < -0.4 is 4.90 Å².